The van der Waals surface area contributed by atoms with Crippen LogP contribution in [-0.2, 0) is 0 Å². The molecule has 2 N–H and O–H groups in total. The van der Waals surface area contributed by atoms with Gasteiger partial charge in [-0.15, -0.1) is 0 Å². The zero-order valence-corrected chi connectivity index (χ0v) is 9.89. The lowest BCUT2D eigenvalue weighted by molar-refractivity contribution is 0.649. The van der Waals surface area contributed by atoms with Gasteiger partial charge in [0.1, 0.15) is 5.66 Å². The molecule has 2 aromatic carbocycles. The van der Waals surface area contributed by atoms with Gasteiger partial charge in [0.25, 0.3) is 0 Å². The van der Waals surface area contributed by atoms with Gasteiger partial charge in [-0.3, -0.25) is 0 Å². The molecule has 0 bridgehead atoms. The van der Waals surface area contributed by atoms with Crippen LogP contribution in [0.2, 0.25) is 0 Å². The third kappa shape index (κ3) is 1.26. The molecular weight excluding hydrogens is 196 g/mol. The number of hydrogen-bond acceptors (Lipinski definition) is 2. The highest BCUT2D eigenvalue weighted by Gasteiger charge is 2.24. The molecule has 0 aromatic heterocycles. The molecule has 2 aromatic rings. The van der Waals surface area contributed by atoms with Gasteiger partial charge in [-0.1, -0.05) is 18.2 Å². The minimum Gasteiger partial charge on any atom is -0.363 e. The number of nitrogens with one attached hydrogen (secondary N) is 2. The molecule has 0 atom stereocenters. The van der Waals surface area contributed by atoms with Crippen molar-refractivity contribution in [3.63, 3.8) is 0 Å². The fraction of sp³-hybridized carbons (Fsp3) is 0.286. The van der Waals surface area contributed by atoms with E-state index >= 15 is 0 Å². The zero-order chi connectivity index (χ0) is 11.3. The molecule has 0 radical (unpaired) electrons. The predicted octanol–water partition coefficient (Wildman–Crippen LogP) is 3.72. The Kier molecular flexibility index (Phi) is 1.73. The fourth-order valence-electron chi connectivity index (χ4n) is 2.47. The van der Waals surface area contributed by atoms with Crippen LogP contribution in [-0.4, -0.2) is 5.66 Å². The van der Waals surface area contributed by atoms with E-state index in [9.17, 15) is 0 Å². The molecule has 0 saturated carbocycles. The number of aryl methyl sites for hydroxylation is 1. The quantitative estimate of drug-likeness (QED) is 0.695. The minimum atomic E-state index is -0.0868. The molecular formula is C14H16N2. The Hall–Kier alpha value is -1.70. The molecule has 2 heteroatoms. The Labute approximate surface area is 95.7 Å². The molecule has 0 saturated heterocycles. The maximum atomic E-state index is 3.52. The summed E-state index contributed by atoms with van der Waals surface area (Å²) in [4.78, 5) is 0. The summed E-state index contributed by atoms with van der Waals surface area (Å²) in [6.45, 7) is 6.45. The van der Waals surface area contributed by atoms with Crippen molar-refractivity contribution in [3.8, 4) is 0 Å². The summed E-state index contributed by atoms with van der Waals surface area (Å²) >= 11 is 0. The average molecular weight is 212 g/mol. The molecule has 3 rings (SSSR count). The normalized spacial score (nSPS) is 16.7. The summed E-state index contributed by atoms with van der Waals surface area (Å²) in [5, 5.41) is 9.67. The van der Waals surface area contributed by atoms with Crippen molar-refractivity contribution in [3.05, 3.63) is 35.9 Å². The lowest BCUT2D eigenvalue weighted by Crippen LogP contribution is -2.41. The predicted molar refractivity (Wildman–Crippen MR) is 70.0 cm³/mol. The van der Waals surface area contributed by atoms with Crippen molar-refractivity contribution in [1.82, 2.24) is 0 Å². The van der Waals surface area contributed by atoms with Crippen molar-refractivity contribution >= 4 is 22.1 Å². The first kappa shape index (κ1) is 9.52. The van der Waals surface area contributed by atoms with Crippen LogP contribution in [0.25, 0.3) is 10.8 Å². The first-order valence-electron chi connectivity index (χ1n) is 5.65. The van der Waals surface area contributed by atoms with E-state index in [0.717, 1.165) is 0 Å². The van der Waals surface area contributed by atoms with Crippen molar-refractivity contribution in [2.45, 2.75) is 26.4 Å². The molecule has 2 nitrogen and oxygen atoms in total. The summed E-state index contributed by atoms with van der Waals surface area (Å²) in [6, 6.07) is 10.8. The standard InChI is InChI=1S/C14H16N2/c1-9-7-8-12-13-10(9)5-4-6-11(13)15-14(2,3)16-12/h4-8,15-16H,1-3H3. The van der Waals surface area contributed by atoms with Gasteiger partial charge in [0.05, 0.1) is 0 Å². The van der Waals surface area contributed by atoms with Gasteiger partial charge in [0.15, 0.2) is 0 Å². The molecule has 1 heterocycles. The number of benzene rings is 2. The van der Waals surface area contributed by atoms with Crippen LogP contribution < -0.4 is 10.6 Å². The second kappa shape index (κ2) is 2.91. The lowest BCUT2D eigenvalue weighted by atomic mass is 9.98. The topological polar surface area (TPSA) is 24.1 Å². The summed E-state index contributed by atoms with van der Waals surface area (Å²) in [5.74, 6) is 0. The number of anilines is 2. The van der Waals surface area contributed by atoms with E-state index in [4.69, 9.17) is 0 Å². The molecule has 0 unspecified atom stereocenters. The molecule has 1 aliphatic rings. The van der Waals surface area contributed by atoms with Crippen molar-refractivity contribution in [2.75, 3.05) is 10.6 Å². The van der Waals surface area contributed by atoms with Crippen LogP contribution in [0.15, 0.2) is 30.3 Å². The van der Waals surface area contributed by atoms with E-state index in [1.54, 1.807) is 0 Å². The maximum Gasteiger partial charge on any atom is 0.102 e. The van der Waals surface area contributed by atoms with Gasteiger partial charge in [0, 0.05) is 16.8 Å². The third-order valence-electron chi connectivity index (χ3n) is 3.15. The van der Waals surface area contributed by atoms with Crippen LogP contribution in [0.1, 0.15) is 19.4 Å². The van der Waals surface area contributed by atoms with Crippen LogP contribution in [0.4, 0.5) is 11.4 Å². The Morgan fingerprint density at radius 2 is 1.62 bits per heavy atom. The van der Waals surface area contributed by atoms with Crippen LogP contribution in [0, 0.1) is 6.92 Å². The van der Waals surface area contributed by atoms with E-state index in [1.807, 2.05) is 0 Å². The zero-order valence-electron chi connectivity index (χ0n) is 9.89. The largest absolute Gasteiger partial charge is 0.363 e. The van der Waals surface area contributed by atoms with Gasteiger partial charge in [-0.25, -0.2) is 0 Å². The smallest absolute Gasteiger partial charge is 0.102 e. The number of rotatable bonds is 0. The van der Waals surface area contributed by atoms with Gasteiger partial charge in [0.2, 0.25) is 0 Å². The van der Waals surface area contributed by atoms with E-state index in [2.05, 4.69) is 61.7 Å². The maximum absolute atomic E-state index is 3.52. The van der Waals surface area contributed by atoms with Crippen LogP contribution in [0.5, 0.6) is 0 Å². The fourth-order valence-corrected chi connectivity index (χ4v) is 2.47. The first-order chi connectivity index (χ1) is 7.57. The monoisotopic (exact) mass is 212 g/mol. The molecule has 0 amide bonds. The summed E-state index contributed by atoms with van der Waals surface area (Å²) in [5.41, 5.74) is 3.68. The van der Waals surface area contributed by atoms with Crippen molar-refractivity contribution < 1.29 is 0 Å². The van der Waals surface area contributed by atoms with Crippen molar-refractivity contribution in [2.24, 2.45) is 0 Å². The highest BCUT2D eigenvalue weighted by molar-refractivity contribution is 6.06. The van der Waals surface area contributed by atoms with Gasteiger partial charge in [-0.05, 0) is 43.9 Å². The highest BCUT2D eigenvalue weighted by atomic mass is 15.2. The molecule has 82 valence electrons. The summed E-state index contributed by atoms with van der Waals surface area (Å²) < 4.78 is 0. The van der Waals surface area contributed by atoms with Crippen LogP contribution >= 0.6 is 0 Å². The van der Waals surface area contributed by atoms with Gasteiger partial charge < -0.3 is 10.6 Å². The molecule has 0 spiro atoms. The molecule has 16 heavy (non-hydrogen) atoms. The van der Waals surface area contributed by atoms with E-state index in [-0.39, 0.29) is 5.66 Å². The Balaban J connectivity index is 2.39. The highest BCUT2D eigenvalue weighted by Crippen LogP contribution is 2.38. The van der Waals surface area contributed by atoms with E-state index < -0.39 is 0 Å². The van der Waals surface area contributed by atoms with Crippen LogP contribution in [0.3, 0.4) is 0 Å². The van der Waals surface area contributed by atoms with E-state index in [1.165, 1.54) is 27.7 Å². The molecule has 0 fully saturated rings. The van der Waals surface area contributed by atoms with E-state index in [0.29, 0.717) is 0 Å². The number of hydrogen-bond donors (Lipinski definition) is 2. The Morgan fingerprint density at radius 1 is 0.938 bits per heavy atom. The second-order valence-electron chi connectivity index (χ2n) is 5.03. The first-order valence-corrected chi connectivity index (χ1v) is 5.65. The van der Waals surface area contributed by atoms with Gasteiger partial charge in [-0.2, -0.15) is 0 Å². The Bertz CT molecular complexity index is 556. The molecule has 0 aliphatic carbocycles. The lowest BCUT2D eigenvalue weighted by Gasteiger charge is -2.36. The summed E-state index contributed by atoms with van der Waals surface area (Å²) in [7, 11) is 0. The van der Waals surface area contributed by atoms with Crippen molar-refractivity contribution in [1.29, 1.82) is 0 Å². The third-order valence-corrected chi connectivity index (χ3v) is 3.15. The SMILES string of the molecule is Cc1ccc2c3c(cccc13)NC(C)(C)N2. The Morgan fingerprint density at radius 3 is 2.38 bits per heavy atom. The van der Waals surface area contributed by atoms with Gasteiger partial charge >= 0.3 is 0 Å². The second-order valence-corrected chi connectivity index (χ2v) is 5.03. The molecule has 1 aliphatic heterocycles. The minimum absolute atomic E-state index is 0.0868. The average Bonchev–Trinajstić information content (AvgIpc) is 2.21. The summed E-state index contributed by atoms with van der Waals surface area (Å²) in [6.07, 6.45) is 0.